The molecule has 0 fully saturated rings. The van der Waals surface area contributed by atoms with Crippen LogP contribution in [-0.2, 0) is 13.5 Å². The van der Waals surface area contributed by atoms with E-state index < -0.39 is 5.54 Å². The summed E-state index contributed by atoms with van der Waals surface area (Å²) in [5, 5.41) is 5.04. The van der Waals surface area contributed by atoms with Crippen molar-refractivity contribution in [3.05, 3.63) is 63.9 Å². The van der Waals surface area contributed by atoms with Gasteiger partial charge in [0.15, 0.2) is 0 Å². The molecule has 2 heterocycles. The standard InChI is InChI=1S/C19H19Cl2N3O/c1-19(2,10-12-4-5-15(20)16(21)8-12)23-18(25)14-9-13-6-7-24(3)17(13)22-11-14/h4-9,11H,10H2,1-3H3,(H,23,25). The fraction of sp³-hybridized carbons (Fsp3) is 0.263. The zero-order chi connectivity index (χ0) is 18.2. The van der Waals surface area contributed by atoms with E-state index in [1.54, 1.807) is 12.3 Å². The Morgan fingerprint density at radius 2 is 1.96 bits per heavy atom. The van der Waals surface area contributed by atoms with E-state index in [1.807, 2.05) is 55.9 Å². The first-order valence-corrected chi connectivity index (χ1v) is 8.68. The van der Waals surface area contributed by atoms with Crippen LogP contribution in [0.25, 0.3) is 11.0 Å². The number of aryl methyl sites for hydroxylation is 1. The largest absolute Gasteiger partial charge is 0.347 e. The number of hydrogen-bond donors (Lipinski definition) is 1. The summed E-state index contributed by atoms with van der Waals surface area (Å²) in [4.78, 5) is 17.0. The molecule has 25 heavy (non-hydrogen) atoms. The molecule has 0 aliphatic carbocycles. The van der Waals surface area contributed by atoms with Crippen molar-refractivity contribution >= 4 is 40.1 Å². The van der Waals surface area contributed by atoms with E-state index in [2.05, 4.69) is 10.3 Å². The number of aromatic nitrogens is 2. The molecule has 0 aliphatic rings. The Kier molecular flexibility index (Phi) is 4.76. The number of carbonyl (C=O) groups excluding carboxylic acids is 1. The van der Waals surface area contributed by atoms with Crippen LogP contribution < -0.4 is 5.32 Å². The average Bonchev–Trinajstić information content (AvgIpc) is 2.91. The summed E-state index contributed by atoms with van der Waals surface area (Å²) in [6.07, 6.45) is 4.16. The molecule has 0 saturated heterocycles. The van der Waals surface area contributed by atoms with Crippen molar-refractivity contribution in [2.75, 3.05) is 0 Å². The van der Waals surface area contributed by atoms with Crippen LogP contribution in [0.5, 0.6) is 0 Å². The second-order valence-electron chi connectivity index (χ2n) is 6.83. The fourth-order valence-electron chi connectivity index (χ4n) is 2.86. The number of rotatable bonds is 4. The lowest BCUT2D eigenvalue weighted by Gasteiger charge is -2.26. The van der Waals surface area contributed by atoms with Crippen LogP contribution in [0.1, 0.15) is 29.8 Å². The molecular formula is C19H19Cl2N3O. The van der Waals surface area contributed by atoms with Gasteiger partial charge in [0.05, 0.1) is 15.6 Å². The van der Waals surface area contributed by atoms with Gasteiger partial charge in [0.2, 0.25) is 0 Å². The lowest BCUT2D eigenvalue weighted by molar-refractivity contribution is 0.0913. The van der Waals surface area contributed by atoms with Crippen LogP contribution in [0.4, 0.5) is 0 Å². The Balaban J connectivity index is 1.76. The Labute approximate surface area is 156 Å². The van der Waals surface area contributed by atoms with Crippen molar-refractivity contribution in [1.29, 1.82) is 0 Å². The molecule has 3 rings (SSSR count). The number of carbonyl (C=O) groups is 1. The maximum atomic E-state index is 12.6. The minimum absolute atomic E-state index is 0.150. The second kappa shape index (κ2) is 6.70. The van der Waals surface area contributed by atoms with Gasteiger partial charge in [-0.3, -0.25) is 4.79 Å². The maximum absolute atomic E-state index is 12.6. The third-order valence-electron chi connectivity index (χ3n) is 4.05. The highest BCUT2D eigenvalue weighted by Crippen LogP contribution is 2.25. The van der Waals surface area contributed by atoms with E-state index in [0.717, 1.165) is 16.6 Å². The van der Waals surface area contributed by atoms with Gasteiger partial charge in [0.1, 0.15) is 5.65 Å². The number of nitrogens with zero attached hydrogens (tertiary/aromatic N) is 2. The van der Waals surface area contributed by atoms with Crippen molar-refractivity contribution in [2.24, 2.45) is 7.05 Å². The molecule has 4 nitrogen and oxygen atoms in total. The van der Waals surface area contributed by atoms with Crippen LogP contribution in [0, 0.1) is 0 Å². The third kappa shape index (κ3) is 3.97. The normalized spacial score (nSPS) is 11.7. The number of fused-ring (bicyclic) bond motifs is 1. The Morgan fingerprint density at radius 3 is 2.68 bits per heavy atom. The van der Waals surface area contributed by atoms with Gasteiger partial charge in [-0.05, 0) is 50.1 Å². The highest BCUT2D eigenvalue weighted by atomic mass is 35.5. The van der Waals surface area contributed by atoms with E-state index in [4.69, 9.17) is 23.2 Å². The second-order valence-corrected chi connectivity index (χ2v) is 7.64. The van der Waals surface area contributed by atoms with Gasteiger partial charge in [0.25, 0.3) is 5.91 Å². The van der Waals surface area contributed by atoms with Crippen LogP contribution in [0.3, 0.4) is 0 Å². The molecule has 0 radical (unpaired) electrons. The van der Waals surface area contributed by atoms with Crippen molar-refractivity contribution in [3.8, 4) is 0 Å². The maximum Gasteiger partial charge on any atom is 0.253 e. The third-order valence-corrected chi connectivity index (χ3v) is 4.79. The van der Waals surface area contributed by atoms with Crippen LogP contribution in [-0.4, -0.2) is 21.0 Å². The van der Waals surface area contributed by atoms with Crippen LogP contribution in [0.15, 0.2) is 42.7 Å². The molecule has 130 valence electrons. The minimum atomic E-state index is -0.445. The summed E-state index contributed by atoms with van der Waals surface area (Å²) in [5.41, 5.74) is 1.96. The zero-order valence-corrected chi connectivity index (χ0v) is 15.8. The van der Waals surface area contributed by atoms with Crippen LogP contribution >= 0.6 is 23.2 Å². The molecule has 0 bridgehead atoms. The first-order chi connectivity index (χ1) is 11.7. The van der Waals surface area contributed by atoms with Gasteiger partial charge in [-0.1, -0.05) is 29.3 Å². The summed E-state index contributed by atoms with van der Waals surface area (Å²) in [6.45, 7) is 3.95. The van der Waals surface area contributed by atoms with E-state index >= 15 is 0 Å². The Hall–Kier alpha value is -2.04. The molecule has 0 aliphatic heterocycles. The summed E-state index contributed by atoms with van der Waals surface area (Å²) in [7, 11) is 1.93. The smallest absolute Gasteiger partial charge is 0.253 e. The number of pyridine rings is 1. The Morgan fingerprint density at radius 1 is 1.20 bits per heavy atom. The van der Waals surface area contributed by atoms with E-state index in [0.29, 0.717) is 22.0 Å². The fourth-order valence-corrected chi connectivity index (χ4v) is 3.18. The number of hydrogen-bond acceptors (Lipinski definition) is 2. The first kappa shape index (κ1) is 17.8. The number of benzene rings is 1. The molecule has 0 atom stereocenters. The van der Waals surface area contributed by atoms with E-state index in [-0.39, 0.29) is 5.91 Å². The number of amides is 1. The Bertz CT molecular complexity index is 947. The van der Waals surface area contributed by atoms with Gasteiger partial charge >= 0.3 is 0 Å². The van der Waals surface area contributed by atoms with Gasteiger partial charge in [0, 0.05) is 30.4 Å². The van der Waals surface area contributed by atoms with Gasteiger partial charge < -0.3 is 9.88 Å². The molecule has 0 unspecified atom stereocenters. The SMILES string of the molecule is Cn1ccc2cc(C(=O)NC(C)(C)Cc3ccc(Cl)c(Cl)c3)cnc21. The number of halogens is 2. The summed E-state index contributed by atoms with van der Waals surface area (Å²) in [5.74, 6) is -0.150. The van der Waals surface area contributed by atoms with E-state index in [1.165, 1.54) is 0 Å². The molecule has 6 heteroatoms. The van der Waals surface area contributed by atoms with Gasteiger partial charge in [-0.15, -0.1) is 0 Å². The number of nitrogens with one attached hydrogen (secondary N) is 1. The molecule has 0 spiro atoms. The van der Waals surface area contributed by atoms with Crippen molar-refractivity contribution in [1.82, 2.24) is 14.9 Å². The lowest BCUT2D eigenvalue weighted by atomic mass is 9.94. The molecular weight excluding hydrogens is 357 g/mol. The first-order valence-electron chi connectivity index (χ1n) is 7.93. The van der Waals surface area contributed by atoms with Gasteiger partial charge in [-0.2, -0.15) is 0 Å². The van der Waals surface area contributed by atoms with Crippen LogP contribution in [0.2, 0.25) is 10.0 Å². The summed E-state index contributed by atoms with van der Waals surface area (Å²) in [6, 6.07) is 9.31. The van der Waals surface area contributed by atoms with E-state index in [9.17, 15) is 4.79 Å². The van der Waals surface area contributed by atoms with Crippen molar-refractivity contribution in [2.45, 2.75) is 25.8 Å². The highest BCUT2D eigenvalue weighted by molar-refractivity contribution is 6.42. The summed E-state index contributed by atoms with van der Waals surface area (Å²) >= 11 is 12.0. The predicted octanol–water partition coefficient (Wildman–Crippen LogP) is 4.63. The zero-order valence-electron chi connectivity index (χ0n) is 14.3. The molecule has 0 saturated carbocycles. The highest BCUT2D eigenvalue weighted by Gasteiger charge is 2.22. The quantitative estimate of drug-likeness (QED) is 0.722. The minimum Gasteiger partial charge on any atom is -0.347 e. The molecule has 3 aromatic rings. The molecule has 1 amide bonds. The topological polar surface area (TPSA) is 46.9 Å². The molecule has 2 aromatic heterocycles. The lowest BCUT2D eigenvalue weighted by Crippen LogP contribution is -2.45. The van der Waals surface area contributed by atoms with Crippen molar-refractivity contribution in [3.63, 3.8) is 0 Å². The molecule has 1 aromatic carbocycles. The average molecular weight is 376 g/mol. The van der Waals surface area contributed by atoms with Gasteiger partial charge in [-0.25, -0.2) is 4.98 Å². The monoisotopic (exact) mass is 375 g/mol. The predicted molar refractivity (Wildman–Crippen MR) is 102 cm³/mol. The van der Waals surface area contributed by atoms with Crippen molar-refractivity contribution < 1.29 is 4.79 Å². The molecule has 1 N–H and O–H groups in total. The summed E-state index contributed by atoms with van der Waals surface area (Å²) < 4.78 is 1.92.